The Kier molecular flexibility index (Phi) is 14.5. The molecule has 4 N–H and O–H groups in total. The average Bonchev–Trinajstić information content (AvgIpc) is 3.61. The zero-order chi connectivity index (χ0) is 42.7. The molecule has 2 bridgehead atoms. The first kappa shape index (κ1) is 45.2. The fourth-order valence-electron chi connectivity index (χ4n) is 8.51. The minimum absolute atomic E-state index is 0.0460. The van der Waals surface area contributed by atoms with Gasteiger partial charge in [-0.25, -0.2) is 0 Å². The third kappa shape index (κ3) is 9.75. The van der Waals surface area contributed by atoms with Gasteiger partial charge in [-0.1, -0.05) is 50.1 Å². The molecule has 18 heteroatoms. The van der Waals surface area contributed by atoms with E-state index in [1.54, 1.807) is 58.9 Å². The van der Waals surface area contributed by atoms with E-state index >= 15 is 0 Å². The zero-order valence-corrected chi connectivity index (χ0v) is 35.2. The molecule has 13 atom stereocenters. The van der Waals surface area contributed by atoms with Crippen molar-refractivity contribution in [3.05, 3.63) is 29.8 Å². The van der Waals surface area contributed by atoms with E-state index in [0.717, 1.165) is 5.56 Å². The van der Waals surface area contributed by atoms with Crippen LogP contribution in [0.5, 0.6) is 0 Å². The van der Waals surface area contributed by atoms with Gasteiger partial charge in [0.25, 0.3) is 0 Å². The Balaban J connectivity index is 1.57. The molecule has 0 amide bonds. The van der Waals surface area contributed by atoms with Gasteiger partial charge in [-0.15, -0.1) is 0 Å². The van der Waals surface area contributed by atoms with Crippen molar-refractivity contribution < 1.29 is 53.1 Å². The fourth-order valence-corrected chi connectivity index (χ4v) is 8.51. The number of aromatic nitrogens is 4. The highest BCUT2D eigenvalue weighted by Gasteiger charge is 2.53. The number of rotatable bonds is 8. The average molecular weight is 816 g/mol. The second-order valence-corrected chi connectivity index (χ2v) is 16.8. The second-order valence-electron chi connectivity index (χ2n) is 16.8. The Labute approximate surface area is 339 Å². The Morgan fingerprint density at radius 3 is 2.34 bits per heavy atom. The number of ether oxygens (including phenoxy) is 5. The van der Waals surface area contributed by atoms with E-state index in [0.29, 0.717) is 12.1 Å². The van der Waals surface area contributed by atoms with Gasteiger partial charge in [-0.05, 0) is 89.2 Å². The molecule has 1 aromatic heterocycles. The Hall–Kier alpha value is -3.91. The summed E-state index contributed by atoms with van der Waals surface area (Å²) in [7, 11) is 3.71. The second kappa shape index (κ2) is 18.6. The molecule has 58 heavy (non-hydrogen) atoms. The van der Waals surface area contributed by atoms with E-state index < -0.39 is 77.3 Å². The maximum atomic E-state index is 14.4. The highest BCUT2D eigenvalue weighted by Crippen LogP contribution is 2.39. The van der Waals surface area contributed by atoms with Crippen LogP contribution in [-0.2, 0) is 49.5 Å². The van der Waals surface area contributed by atoms with E-state index in [-0.39, 0.29) is 62.3 Å². The number of likely N-dealkylation sites (N-methyl/N-ethyl adjacent to an activating group) is 1. The molecule has 3 saturated heterocycles. The van der Waals surface area contributed by atoms with Crippen LogP contribution < -0.4 is 5.73 Å². The normalized spacial score (nSPS) is 37.8. The van der Waals surface area contributed by atoms with Crippen LogP contribution in [0.3, 0.4) is 0 Å². The first-order valence-corrected chi connectivity index (χ1v) is 20.0. The number of carbonyl (C=O) groups excluding carboxylic acids is 3. The summed E-state index contributed by atoms with van der Waals surface area (Å²) in [6.45, 7) is 12.9. The van der Waals surface area contributed by atoms with E-state index in [1.807, 2.05) is 25.9 Å². The van der Waals surface area contributed by atoms with Crippen molar-refractivity contribution in [2.24, 2.45) is 28.8 Å². The molecule has 0 unspecified atom stereocenters. The van der Waals surface area contributed by atoms with Gasteiger partial charge in [-0.2, -0.15) is 4.68 Å². The number of esters is 1. The minimum atomic E-state index is -1.88. The largest absolute Gasteiger partial charge is 0.459 e. The number of hydrogen-bond donors (Lipinski definition) is 3. The molecule has 322 valence electrons. The van der Waals surface area contributed by atoms with E-state index in [2.05, 4.69) is 20.7 Å². The number of nitrogen functional groups attached to an aromatic ring is 1. The molecular weight excluding hydrogens is 754 g/mol. The quantitative estimate of drug-likeness (QED) is 0.197. The van der Waals surface area contributed by atoms with Crippen LogP contribution in [-0.4, -0.2) is 140 Å². The standard InChI is InChI=1S/C40H61N7O11/c1-11-30-40(8,52)35-23(4)31(48)21(2)17-39(7,54-20-27(19-53-35)43-55-18-26-12-14-28(15-13-26)47-38(41)42-44-45-47)34(24(5)32(49)25(6)36(51)57-30)58-37-33(50)29(46(9)10)16-22(3)56-37/h12-15,21-25,29-30,33-35,37,50,52H,11,16-20H2,1-10H3,(H2,41,42,45)/b43-27+/t21-,22-,23+,24+,25-,29+,30-,33-,34-,35+,37+,39-,40-/m1/s1. The molecule has 0 spiro atoms. The van der Waals surface area contributed by atoms with Crippen LogP contribution in [0.25, 0.3) is 5.69 Å². The van der Waals surface area contributed by atoms with Crippen LogP contribution in [0.15, 0.2) is 29.4 Å². The van der Waals surface area contributed by atoms with Crippen molar-refractivity contribution in [2.45, 2.75) is 135 Å². The molecule has 18 nitrogen and oxygen atoms in total. The van der Waals surface area contributed by atoms with Crippen molar-refractivity contribution in [2.75, 3.05) is 33.0 Å². The summed E-state index contributed by atoms with van der Waals surface area (Å²) in [5.74, 6) is -5.39. The van der Waals surface area contributed by atoms with Crippen molar-refractivity contribution >= 4 is 29.2 Å². The predicted molar refractivity (Wildman–Crippen MR) is 209 cm³/mol. The number of tetrazole rings is 1. The molecule has 5 rings (SSSR count). The van der Waals surface area contributed by atoms with Crippen LogP contribution in [0.2, 0.25) is 0 Å². The number of ketones is 2. The first-order chi connectivity index (χ1) is 27.3. The Bertz CT molecular complexity index is 1770. The number of hydrogen-bond acceptors (Lipinski definition) is 17. The highest BCUT2D eigenvalue weighted by atomic mass is 16.7. The van der Waals surface area contributed by atoms with Crippen LogP contribution in [0, 0.1) is 23.7 Å². The van der Waals surface area contributed by atoms with Crippen molar-refractivity contribution in [1.82, 2.24) is 25.1 Å². The maximum absolute atomic E-state index is 14.4. The van der Waals surface area contributed by atoms with Gasteiger partial charge in [0.15, 0.2) is 12.1 Å². The summed E-state index contributed by atoms with van der Waals surface area (Å²) in [5, 5.41) is 39.3. The number of nitrogens with zero attached hydrogens (tertiary/aromatic N) is 6. The van der Waals surface area contributed by atoms with Gasteiger partial charge < -0.3 is 49.4 Å². The lowest BCUT2D eigenvalue weighted by atomic mass is 9.74. The van der Waals surface area contributed by atoms with Crippen molar-refractivity contribution in [3.63, 3.8) is 0 Å². The van der Waals surface area contributed by atoms with Gasteiger partial charge in [0.1, 0.15) is 41.8 Å². The molecule has 0 radical (unpaired) electrons. The van der Waals surface area contributed by atoms with Gasteiger partial charge in [0.2, 0.25) is 5.95 Å². The number of carbonyl (C=O) groups is 3. The zero-order valence-electron chi connectivity index (χ0n) is 35.2. The molecular formula is C40H61N7O11. The topological polar surface area (TPSA) is 232 Å². The molecule has 3 aliphatic heterocycles. The third-order valence-electron chi connectivity index (χ3n) is 11.9. The molecule has 1 aromatic carbocycles. The summed E-state index contributed by atoms with van der Waals surface area (Å²) < 4.78 is 33.3. The first-order valence-electron chi connectivity index (χ1n) is 20.0. The van der Waals surface area contributed by atoms with Gasteiger partial charge in [0, 0.05) is 23.8 Å². The molecule has 2 aromatic rings. The lowest BCUT2D eigenvalue weighted by Gasteiger charge is -2.47. The maximum Gasteiger partial charge on any atom is 0.316 e. The summed E-state index contributed by atoms with van der Waals surface area (Å²) in [5.41, 5.74) is 4.20. The third-order valence-corrected chi connectivity index (χ3v) is 11.9. The minimum Gasteiger partial charge on any atom is -0.459 e. The van der Waals surface area contributed by atoms with Gasteiger partial charge in [0.05, 0.1) is 42.8 Å². The van der Waals surface area contributed by atoms with Gasteiger partial charge >= 0.3 is 5.97 Å². The highest BCUT2D eigenvalue weighted by molar-refractivity contribution is 6.00. The van der Waals surface area contributed by atoms with Crippen LogP contribution >= 0.6 is 0 Å². The lowest BCUT2D eigenvalue weighted by Crippen LogP contribution is -2.60. The molecule has 0 aliphatic carbocycles. The van der Waals surface area contributed by atoms with E-state index in [9.17, 15) is 24.6 Å². The van der Waals surface area contributed by atoms with Crippen LogP contribution in [0.4, 0.5) is 5.95 Å². The van der Waals surface area contributed by atoms with Crippen LogP contribution in [0.1, 0.15) is 80.2 Å². The number of benzene rings is 1. The number of fused-ring (bicyclic) bond motifs is 5. The van der Waals surface area contributed by atoms with Gasteiger partial charge in [-0.3, -0.25) is 14.4 Å². The lowest BCUT2D eigenvalue weighted by molar-refractivity contribution is -0.296. The fraction of sp³-hybridized carbons (Fsp3) is 0.725. The summed E-state index contributed by atoms with van der Waals surface area (Å²) in [4.78, 5) is 50.2. The smallest absolute Gasteiger partial charge is 0.316 e. The van der Waals surface area contributed by atoms with E-state index in [4.69, 9.17) is 34.3 Å². The number of nitrogens with two attached hydrogens (primary N) is 1. The summed E-state index contributed by atoms with van der Waals surface area (Å²) in [6, 6.07) is 6.83. The van der Waals surface area contributed by atoms with Crippen molar-refractivity contribution in [1.29, 1.82) is 0 Å². The summed E-state index contributed by atoms with van der Waals surface area (Å²) in [6.07, 6.45) is -5.36. The molecule has 3 aliphatic rings. The SMILES string of the molecule is CC[C@H]1OC(=O)[C@H](C)C(=O)[C@H](C)[C@@H](O[C@@H]2O[C@H](C)C[C@H](N(C)C)[C@H]2O)[C@@]2(C)C[C@@H](C)C(=O)[C@H](C)[C@H](OC/C(=N\OCc3ccc(-n4nnnc4N)cc3)CO2)[C@]1(C)O. The monoisotopic (exact) mass is 815 g/mol. The Morgan fingerprint density at radius 1 is 1.03 bits per heavy atom. The number of aliphatic hydroxyl groups is 2. The number of Topliss-reactive ketones (excluding diaryl/α,β-unsaturated/α-hetero) is 2. The summed E-state index contributed by atoms with van der Waals surface area (Å²) >= 11 is 0. The number of oxime groups is 1. The number of cyclic esters (lactones) is 1. The number of anilines is 1. The van der Waals surface area contributed by atoms with Crippen molar-refractivity contribution in [3.8, 4) is 5.69 Å². The predicted octanol–water partition coefficient (Wildman–Crippen LogP) is 2.26. The molecule has 0 saturated carbocycles. The molecule has 4 heterocycles. The van der Waals surface area contributed by atoms with E-state index in [1.165, 1.54) is 18.5 Å². The Morgan fingerprint density at radius 2 is 1.72 bits per heavy atom. The number of aliphatic hydroxyl groups excluding tert-OH is 1. The molecule has 3 fully saturated rings.